The fraction of sp³-hybridized carbons (Fsp3) is 0.217. The van der Waals surface area contributed by atoms with Gasteiger partial charge >= 0.3 is 0 Å². The van der Waals surface area contributed by atoms with Crippen molar-refractivity contribution in [3.05, 3.63) is 69.6 Å². The van der Waals surface area contributed by atoms with Crippen molar-refractivity contribution in [3.8, 4) is 28.1 Å². The molecule has 4 aromatic rings. The Morgan fingerprint density at radius 3 is 2.81 bits per heavy atom. The quantitative estimate of drug-likeness (QED) is 0.485. The number of ether oxygens (including phenoxy) is 1. The van der Waals surface area contributed by atoms with Crippen LogP contribution in [0.1, 0.15) is 18.2 Å². The molecule has 8 heteroatoms. The molecule has 31 heavy (non-hydrogen) atoms. The molecule has 156 valence electrons. The molecule has 2 aromatic carbocycles. The molecule has 0 amide bonds. The molecule has 4 rings (SSSR count). The van der Waals surface area contributed by atoms with Gasteiger partial charge in [0.2, 0.25) is 5.69 Å². The maximum absolute atomic E-state index is 12.4. The second kappa shape index (κ2) is 8.05. The smallest absolute Gasteiger partial charge is 0.272 e. The van der Waals surface area contributed by atoms with Gasteiger partial charge in [0.25, 0.3) is 5.56 Å². The number of aromatic amines is 1. The third-order valence-corrected chi connectivity index (χ3v) is 5.27. The summed E-state index contributed by atoms with van der Waals surface area (Å²) in [5.41, 5.74) is 10.7. The van der Waals surface area contributed by atoms with E-state index in [-0.39, 0.29) is 12.1 Å². The highest BCUT2D eigenvalue weighted by atomic mass is 16.5. The lowest BCUT2D eigenvalue weighted by molar-refractivity contribution is 0.342. The molecule has 0 saturated carbocycles. The van der Waals surface area contributed by atoms with Crippen LogP contribution in [0.4, 0.5) is 5.69 Å². The molecule has 8 nitrogen and oxygen atoms in total. The van der Waals surface area contributed by atoms with E-state index >= 15 is 0 Å². The third kappa shape index (κ3) is 3.35. The van der Waals surface area contributed by atoms with E-state index in [2.05, 4.69) is 20.1 Å². The maximum Gasteiger partial charge on any atom is 0.272 e. The second-order valence-electron chi connectivity index (χ2n) is 7.15. The molecular weight excluding hydrogens is 392 g/mol. The summed E-state index contributed by atoms with van der Waals surface area (Å²) in [6.07, 6.45) is 1.76. The van der Waals surface area contributed by atoms with Crippen LogP contribution in [0.5, 0.6) is 5.75 Å². The summed E-state index contributed by atoms with van der Waals surface area (Å²) in [6, 6.07) is 9.41. The van der Waals surface area contributed by atoms with Gasteiger partial charge in [-0.1, -0.05) is 18.2 Å². The van der Waals surface area contributed by atoms with Crippen LogP contribution in [-0.2, 0) is 13.6 Å². The van der Waals surface area contributed by atoms with Gasteiger partial charge in [-0.15, -0.1) is 0 Å². The molecule has 2 aromatic heterocycles. The number of aryl methyl sites for hydroxylation is 2. The molecular formula is C23H22N6O2. The first-order valence-electron chi connectivity index (χ1n) is 9.88. The third-order valence-electron chi connectivity index (χ3n) is 5.27. The zero-order valence-electron chi connectivity index (χ0n) is 17.6. The number of nitrogens with one attached hydrogen (secondary N) is 1. The Morgan fingerprint density at radius 2 is 2.10 bits per heavy atom. The Morgan fingerprint density at radius 1 is 1.29 bits per heavy atom. The van der Waals surface area contributed by atoms with Gasteiger partial charge in [0.15, 0.2) is 0 Å². The van der Waals surface area contributed by atoms with E-state index in [9.17, 15) is 4.79 Å². The Labute approximate surface area is 179 Å². The lowest BCUT2D eigenvalue weighted by Gasteiger charge is -2.14. The van der Waals surface area contributed by atoms with Crippen LogP contribution in [0.25, 0.3) is 38.0 Å². The number of nitrogens with zero attached hydrogens (tertiary/aromatic N) is 4. The Kier molecular flexibility index (Phi) is 5.28. The van der Waals surface area contributed by atoms with Crippen molar-refractivity contribution in [2.24, 2.45) is 12.8 Å². The number of rotatable bonds is 5. The molecule has 3 N–H and O–H groups in total. The summed E-state index contributed by atoms with van der Waals surface area (Å²) in [5.74, 6) is 0.540. The van der Waals surface area contributed by atoms with Crippen molar-refractivity contribution in [3.63, 3.8) is 0 Å². The largest absolute Gasteiger partial charge is 0.505 e. The van der Waals surface area contributed by atoms with E-state index in [0.717, 1.165) is 27.9 Å². The SMILES string of the molecule is [C-]#[N+]c1c(OCC)cccc1-c1c(-c2cc(C)c3c(=O)[nH]nc(CN)c3c2)cnn1C. The summed E-state index contributed by atoms with van der Waals surface area (Å²) < 4.78 is 7.41. The summed E-state index contributed by atoms with van der Waals surface area (Å²) in [7, 11) is 1.84. The van der Waals surface area contributed by atoms with E-state index in [4.69, 9.17) is 17.0 Å². The van der Waals surface area contributed by atoms with Crippen molar-refractivity contribution in [1.29, 1.82) is 0 Å². The number of fused-ring (bicyclic) bond motifs is 1. The highest BCUT2D eigenvalue weighted by Crippen LogP contribution is 2.42. The monoisotopic (exact) mass is 414 g/mol. The van der Waals surface area contributed by atoms with Crippen molar-refractivity contribution in [1.82, 2.24) is 20.0 Å². The van der Waals surface area contributed by atoms with Crippen molar-refractivity contribution >= 4 is 16.5 Å². The molecule has 2 heterocycles. The molecule has 0 unspecified atom stereocenters. The molecule has 0 atom stereocenters. The molecule has 0 aliphatic heterocycles. The summed E-state index contributed by atoms with van der Waals surface area (Å²) in [5, 5.41) is 12.4. The Bertz CT molecular complexity index is 1390. The van der Waals surface area contributed by atoms with Gasteiger partial charge < -0.3 is 10.5 Å². The molecule has 0 saturated heterocycles. The average molecular weight is 414 g/mol. The zero-order valence-corrected chi connectivity index (χ0v) is 17.6. The summed E-state index contributed by atoms with van der Waals surface area (Å²) >= 11 is 0. The highest BCUT2D eigenvalue weighted by Gasteiger charge is 2.20. The number of aromatic nitrogens is 4. The summed E-state index contributed by atoms with van der Waals surface area (Å²) in [6.45, 7) is 12.2. The lowest BCUT2D eigenvalue weighted by Crippen LogP contribution is -2.14. The van der Waals surface area contributed by atoms with Gasteiger partial charge in [-0.25, -0.2) is 9.94 Å². The fourth-order valence-electron chi connectivity index (χ4n) is 3.93. The fourth-order valence-corrected chi connectivity index (χ4v) is 3.93. The number of hydrogen-bond donors (Lipinski definition) is 2. The lowest BCUT2D eigenvalue weighted by atomic mass is 9.95. The Hall–Kier alpha value is -3.96. The number of benzene rings is 2. The van der Waals surface area contributed by atoms with Gasteiger partial charge in [0.05, 0.1) is 36.1 Å². The first-order chi connectivity index (χ1) is 15.0. The molecule has 0 bridgehead atoms. The van der Waals surface area contributed by atoms with E-state index in [1.54, 1.807) is 16.9 Å². The average Bonchev–Trinajstić information content (AvgIpc) is 3.15. The molecule has 0 fully saturated rings. The minimum atomic E-state index is -0.248. The van der Waals surface area contributed by atoms with Crippen LogP contribution in [-0.4, -0.2) is 26.6 Å². The topological polar surface area (TPSA) is 103 Å². The van der Waals surface area contributed by atoms with Crippen LogP contribution in [0.3, 0.4) is 0 Å². The molecule has 0 radical (unpaired) electrons. The van der Waals surface area contributed by atoms with Crippen molar-refractivity contribution in [2.45, 2.75) is 20.4 Å². The number of hydrogen-bond acceptors (Lipinski definition) is 5. The molecule has 0 spiro atoms. The van der Waals surface area contributed by atoms with Crippen molar-refractivity contribution < 1.29 is 4.74 Å². The van der Waals surface area contributed by atoms with Gasteiger partial charge in [0.1, 0.15) is 5.75 Å². The van der Waals surface area contributed by atoms with E-state index in [1.807, 2.05) is 45.2 Å². The van der Waals surface area contributed by atoms with Crippen LogP contribution >= 0.6 is 0 Å². The maximum atomic E-state index is 12.4. The van der Waals surface area contributed by atoms with Gasteiger partial charge in [-0.3, -0.25) is 9.48 Å². The molecule has 0 aliphatic rings. The zero-order chi connectivity index (χ0) is 22.1. The summed E-state index contributed by atoms with van der Waals surface area (Å²) in [4.78, 5) is 16.1. The van der Waals surface area contributed by atoms with Crippen LogP contribution in [0.2, 0.25) is 0 Å². The minimum Gasteiger partial charge on any atom is -0.505 e. The first kappa shape index (κ1) is 20.3. The van der Waals surface area contributed by atoms with Gasteiger partial charge in [0, 0.05) is 30.1 Å². The number of nitrogens with two attached hydrogens (primary N) is 1. The van der Waals surface area contributed by atoms with Gasteiger partial charge in [-0.2, -0.15) is 10.2 Å². The van der Waals surface area contributed by atoms with E-state index < -0.39 is 0 Å². The second-order valence-corrected chi connectivity index (χ2v) is 7.15. The van der Waals surface area contributed by atoms with Crippen molar-refractivity contribution in [2.75, 3.05) is 6.61 Å². The predicted octanol–water partition coefficient (Wildman–Crippen LogP) is 3.71. The number of para-hydroxylation sites is 1. The standard InChI is InChI=1S/C23H22N6O2/c1-5-31-19-8-6-7-15(21(19)25-3)22-17(12-26-29(22)4)14-9-13(2)20-16(10-14)18(11-24)27-28-23(20)30/h6-10,12H,5,11,24H2,1-2,4H3,(H,28,30). The Balaban J connectivity index is 2.01. The van der Waals surface area contributed by atoms with Crippen LogP contribution in [0, 0.1) is 13.5 Å². The van der Waals surface area contributed by atoms with E-state index in [0.29, 0.717) is 34.5 Å². The normalized spacial score (nSPS) is 10.9. The van der Waals surface area contributed by atoms with Gasteiger partial charge in [-0.05, 0) is 37.1 Å². The van der Waals surface area contributed by atoms with Crippen LogP contribution < -0.4 is 16.0 Å². The highest BCUT2D eigenvalue weighted by molar-refractivity contribution is 5.95. The predicted molar refractivity (Wildman–Crippen MR) is 120 cm³/mol. The minimum absolute atomic E-state index is 0.203. The molecule has 0 aliphatic carbocycles. The number of H-pyrrole nitrogens is 1. The van der Waals surface area contributed by atoms with Crippen LogP contribution in [0.15, 0.2) is 41.3 Å². The van der Waals surface area contributed by atoms with E-state index in [1.165, 1.54) is 0 Å². The first-order valence-corrected chi connectivity index (χ1v) is 9.88.